The van der Waals surface area contributed by atoms with Crippen LogP contribution in [0.3, 0.4) is 0 Å². The molecule has 3 nitrogen and oxygen atoms in total. The molecule has 20 heavy (non-hydrogen) atoms. The van der Waals surface area contributed by atoms with Crippen LogP contribution >= 0.6 is 0 Å². The van der Waals surface area contributed by atoms with Gasteiger partial charge in [-0.25, -0.2) is 0 Å². The summed E-state index contributed by atoms with van der Waals surface area (Å²) in [7, 11) is 1.68. The van der Waals surface area contributed by atoms with E-state index >= 15 is 0 Å². The van der Waals surface area contributed by atoms with Crippen molar-refractivity contribution in [2.75, 3.05) is 13.7 Å². The third kappa shape index (κ3) is 2.83. The van der Waals surface area contributed by atoms with E-state index in [0.717, 1.165) is 47.4 Å². The lowest BCUT2D eigenvalue weighted by molar-refractivity contribution is 0.403. The van der Waals surface area contributed by atoms with Gasteiger partial charge in [-0.15, -0.1) is 0 Å². The quantitative estimate of drug-likeness (QED) is 0.895. The highest BCUT2D eigenvalue weighted by Gasteiger charge is 2.20. The fraction of sp³-hybridized carbons (Fsp3) is 0.529. The molecule has 1 N–H and O–H groups in total. The average Bonchev–Trinajstić information content (AvgIpc) is 3.04. The smallest absolute Gasteiger partial charge is 0.176 e. The second-order valence-electron chi connectivity index (χ2n) is 6.01. The first kappa shape index (κ1) is 13.5. The molecule has 1 fully saturated rings. The molecule has 0 aliphatic heterocycles. The molecule has 2 atom stereocenters. The normalized spacial score (nSPS) is 22.5. The largest absolute Gasteiger partial charge is 0.493 e. The van der Waals surface area contributed by atoms with E-state index in [1.165, 1.54) is 19.3 Å². The van der Waals surface area contributed by atoms with Crippen molar-refractivity contribution in [2.24, 2.45) is 11.8 Å². The minimum absolute atomic E-state index is 0.794. The lowest BCUT2D eigenvalue weighted by Gasteiger charge is -2.09. The first-order chi connectivity index (χ1) is 9.76. The Morgan fingerprint density at radius 3 is 3.00 bits per heavy atom. The number of furan rings is 1. The molecule has 0 saturated heterocycles. The fourth-order valence-electron chi connectivity index (χ4n) is 3.25. The van der Waals surface area contributed by atoms with Crippen LogP contribution in [0.25, 0.3) is 11.0 Å². The summed E-state index contributed by atoms with van der Waals surface area (Å²) in [5.74, 6) is 3.52. The number of hydrogen-bond donors (Lipinski definition) is 1. The highest BCUT2D eigenvalue weighted by atomic mass is 16.5. The summed E-state index contributed by atoms with van der Waals surface area (Å²) in [6.45, 7) is 4.24. The molecule has 2 unspecified atom stereocenters. The third-order valence-corrected chi connectivity index (χ3v) is 4.31. The second kappa shape index (κ2) is 5.88. The van der Waals surface area contributed by atoms with Gasteiger partial charge in [0.15, 0.2) is 11.3 Å². The molecule has 1 heterocycles. The zero-order valence-electron chi connectivity index (χ0n) is 12.3. The summed E-state index contributed by atoms with van der Waals surface area (Å²) in [5.41, 5.74) is 0.848. The molecule has 1 aromatic heterocycles. The van der Waals surface area contributed by atoms with Gasteiger partial charge in [0.2, 0.25) is 0 Å². The first-order valence-electron chi connectivity index (χ1n) is 7.52. The molecule has 0 spiro atoms. The highest BCUT2D eigenvalue weighted by molar-refractivity contribution is 5.83. The zero-order valence-corrected chi connectivity index (χ0v) is 12.3. The van der Waals surface area contributed by atoms with Crippen LogP contribution in [0, 0.1) is 11.8 Å². The van der Waals surface area contributed by atoms with Crippen molar-refractivity contribution in [3.63, 3.8) is 0 Å². The van der Waals surface area contributed by atoms with Crippen LogP contribution in [-0.4, -0.2) is 13.7 Å². The molecule has 1 aromatic carbocycles. The van der Waals surface area contributed by atoms with Crippen molar-refractivity contribution < 1.29 is 9.15 Å². The Bertz CT molecular complexity index is 575. The van der Waals surface area contributed by atoms with Crippen molar-refractivity contribution in [3.05, 3.63) is 30.0 Å². The fourth-order valence-corrected chi connectivity index (χ4v) is 3.25. The van der Waals surface area contributed by atoms with Crippen molar-refractivity contribution >= 4 is 11.0 Å². The molecule has 0 amide bonds. The molecule has 1 aliphatic rings. The van der Waals surface area contributed by atoms with E-state index in [9.17, 15) is 0 Å². The van der Waals surface area contributed by atoms with Gasteiger partial charge < -0.3 is 14.5 Å². The van der Waals surface area contributed by atoms with Gasteiger partial charge >= 0.3 is 0 Å². The Balaban J connectivity index is 1.60. The van der Waals surface area contributed by atoms with Crippen LogP contribution in [0.5, 0.6) is 5.75 Å². The molecular weight excluding hydrogens is 250 g/mol. The predicted octanol–water partition coefficient (Wildman–Crippen LogP) is 3.97. The third-order valence-electron chi connectivity index (χ3n) is 4.31. The van der Waals surface area contributed by atoms with Crippen molar-refractivity contribution in [2.45, 2.75) is 32.7 Å². The number of nitrogens with one attached hydrogen (secondary N) is 1. The highest BCUT2D eigenvalue weighted by Crippen LogP contribution is 2.30. The standard InChI is InChI=1S/C17H23NO2/c1-12-6-7-13(8-12)10-18-11-15-9-14-4-3-5-16(19-2)17(14)20-15/h3-5,9,12-13,18H,6-8,10-11H2,1-2H3. The van der Waals surface area contributed by atoms with Crippen LogP contribution in [0.2, 0.25) is 0 Å². The van der Waals surface area contributed by atoms with E-state index in [-0.39, 0.29) is 0 Å². The van der Waals surface area contributed by atoms with Crippen LogP contribution in [-0.2, 0) is 6.54 Å². The summed E-state index contributed by atoms with van der Waals surface area (Å²) in [4.78, 5) is 0. The Morgan fingerprint density at radius 2 is 2.25 bits per heavy atom. The minimum atomic E-state index is 0.794. The van der Waals surface area contributed by atoms with E-state index in [2.05, 4.69) is 24.4 Å². The van der Waals surface area contributed by atoms with Crippen molar-refractivity contribution in [3.8, 4) is 5.75 Å². The van der Waals surface area contributed by atoms with Crippen molar-refractivity contribution in [1.82, 2.24) is 5.32 Å². The van der Waals surface area contributed by atoms with Crippen molar-refractivity contribution in [1.29, 1.82) is 0 Å². The Morgan fingerprint density at radius 1 is 1.35 bits per heavy atom. The number of hydrogen-bond acceptors (Lipinski definition) is 3. The number of benzene rings is 1. The Hall–Kier alpha value is -1.48. The van der Waals surface area contributed by atoms with Crippen LogP contribution in [0.15, 0.2) is 28.7 Å². The minimum Gasteiger partial charge on any atom is -0.493 e. The summed E-state index contributed by atoms with van der Waals surface area (Å²) >= 11 is 0. The van der Waals surface area contributed by atoms with Crippen LogP contribution < -0.4 is 10.1 Å². The van der Waals surface area contributed by atoms with Gasteiger partial charge in [0.1, 0.15) is 5.76 Å². The van der Waals surface area contributed by atoms with E-state index in [4.69, 9.17) is 9.15 Å². The topological polar surface area (TPSA) is 34.4 Å². The first-order valence-corrected chi connectivity index (χ1v) is 7.52. The lowest BCUT2D eigenvalue weighted by Crippen LogP contribution is -2.20. The van der Waals surface area contributed by atoms with Crippen LogP contribution in [0.4, 0.5) is 0 Å². The number of methoxy groups -OCH3 is 1. The molecule has 0 bridgehead atoms. The number of fused-ring (bicyclic) bond motifs is 1. The lowest BCUT2D eigenvalue weighted by atomic mass is 10.1. The van der Waals surface area contributed by atoms with E-state index in [1.807, 2.05) is 12.1 Å². The maximum Gasteiger partial charge on any atom is 0.176 e. The van der Waals surface area contributed by atoms with Gasteiger partial charge in [0.25, 0.3) is 0 Å². The average molecular weight is 273 g/mol. The SMILES string of the molecule is COc1cccc2cc(CNCC3CCC(C)C3)oc12. The molecule has 1 aliphatic carbocycles. The number of para-hydroxylation sites is 1. The predicted molar refractivity (Wildman–Crippen MR) is 81.0 cm³/mol. The van der Waals surface area contributed by atoms with Gasteiger partial charge in [-0.3, -0.25) is 0 Å². The van der Waals surface area contributed by atoms with Gasteiger partial charge in [-0.1, -0.05) is 25.5 Å². The van der Waals surface area contributed by atoms with E-state index < -0.39 is 0 Å². The van der Waals surface area contributed by atoms with Gasteiger partial charge in [0, 0.05) is 5.39 Å². The van der Waals surface area contributed by atoms with Gasteiger partial charge in [0.05, 0.1) is 13.7 Å². The molecule has 3 heteroatoms. The summed E-state index contributed by atoms with van der Waals surface area (Å²) in [5, 5.41) is 4.64. The van der Waals surface area contributed by atoms with E-state index in [0.29, 0.717) is 0 Å². The molecule has 108 valence electrons. The molecule has 1 saturated carbocycles. The summed E-state index contributed by atoms with van der Waals surface area (Å²) in [6, 6.07) is 8.09. The summed E-state index contributed by atoms with van der Waals surface area (Å²) in [6.07, 6.45) is 4.11. The zero-order chi connectivity index (χ0) is 13.9. The van der Waals surface area contributed by atoms with Gasteiger partial charge in [-0.05, 0) is 43.4 Å². The Labute approximate surface area is 120 Å². The monoisotopic (exact) mass is 273 g/mol. The molecule has 3 rings (SSSR count). The summed E-state index contributed by atoms with van der Waals surface area (Å²) < 4.78 is 11.2. The maximum absolute atomic E-state index is 5.89. The maximum atomic E-state index is 5.89. The molecule has 0 radical (unpaired) electrons. The number of rotatable bonds is 5. The van der Waals surface area contributed by atoms with Crippen LogP contribution in [0.1, 0.15) is 31.9 Å². The molecular formula is C17H23NO2. The van der Waals surface area contributed by atoms with Gasteiger partial charge in [-0.2, -0.15) is 0 Å². The number of ether oxygens (including phenoxy) is 1. The van der Waals surface area contributed by atoms with E-state index in [1.54, 1.807) is 7.11 Å². The second-order valence-corrected chi connectivity index (χ2v) is 6.01. The Kier molecular flexibility index (Phi) is 3.97. The molecule has 2 aromatic rings.